The van der Waals surface area contributed by atoms with Crippen LogP contribution in [0.2, 0.25) is 0 Å². The van der Waals surface area contributed by atoms with E-state index in [9.17, 15) is 9.59 Å². The Hall–Kier alpha value is -6.17. The summed E-state index contributed by atoms with van der Waals surface area (Å²) < 4.78 is 0. The van der Waals surface area contributed by atoms with Crippen molar-refractivity contribution in [1.82, 2.24) is 10.6 Å². The Morgan fingerprint density at radius 1 is 0.667 bits per heavy atom. The highest BCUT2D eigenvalue weighted by Gasteiger charge is 2.12. The first kappa shape index (κ1) is 30.3. The minimum absolute atomic E-state index is 0.221. The van der Waals surface area contributed by atoms with Gasteiger partial charge in [0.15, 0.2) is 0 Å². The second-order valence-corrected chi connectivity index (χ2v) is 9.78. The molecule has 12 heteroatoms. The number of anilines is 2. The third-order valence-electron chi connectivity index (χ3n) is 6.68. The average Bonchev–Trinajstić information content (AvgIpc) is 3.81. The molecule has 0 spiro atoms. The molecule has 4 aromatic rings. The first-order valence-electron chi connectivity index (χ1n) is 14.1. The van der Waals surface area contributed by atoms with Gasteiger partial charge in [0.2, 0.25) is 0 Å². The number of amidine groups is 2. The van der Waals surface area contributed by atoms with Crippen LogP contribution in [-0.4, -0.2) is 61.2 Å². The van der Waals surface area contributed by atoms with Crippen LogP contribution in [0.5, 0.6) is 0 Å². The van der Waals surface area contributed by atoms with Crippen LogP contribution in [-0.2, 0) is 4.79 Å². The van der Waals surface area contributed by atoms with Crippen molar-refractivity contribution >= 4 is 52.7 Å². The Labute approximate surface area is 259 Å². The molecule has 4 aromatic carbocycles. The van der Waals surface area contributed by atoms with E-state index in [-0.39, 0.29) is 18.3 Å². The Morgan fingerprint density at radius 3 is 1.42 bits per heavy atom. The van der Waals surface area contributed by atoms with Crippen LogP contribution in [0.4, 0.5) is 22.7 Å². The number of rotatable bonds is 8. The van der Waals surface area contributed by atoms with Crippen molar-refractivity contribution in [1.29, 1.82) is 0 Å². The second kappa shape index (κ2) is 14.8. The second-order valence-electron chi connectivity index (χ2n) is 9.78. The maximum Gasteiger partial charge on any atom is 0.290 e. The van der Waals surface area contributed by atoms with Crippen LogP contribution in [0, 0.1) is 0 Å². The summed E-state index contributed by atoms with van der Waals surface area (Å²) in [5.74, 6) is 1.24. The maximum atomic E-state index is 12.8. The SMILES string of the molecule is O=C(Nc1cccc(C2=NCCN2)c1)c1ccc(N=Nc2ccc(C(=O)Nc3cccc(C4=NCCN4)c3)cc2)cc1.O=CO. The zero-order valence-electron chi connectivity index (χ0n) is 24.1. The van der Waals surface area contributed by atoms with Gasteiger partial charge in [0, 0.05) is 46.7 Å². The molecule has 0 radical (unpaired) electrons. The number of carbonyl (C=O) groups excluding carboxylic acids is 2. The summed E-state index contributed by atoms with van der Waals surface area (Å²) in [6, 6.07) is 28.9. The van der Waals surface area contributed by atoms with Gasteiger partial charge in [-0.15, -0.1) is 0 Å². The minimum atomic E-state index is -0.250. The molecule has 0 unspecified atom stereocenters. The molecule has 2 amide bonds. The van der Waals surface area contributed by atoms with Crippen molar-refractivity contribution in [2.75, 3.05) is 36.8 Å². The summed E-state index contributed by atoms with van der Waals surface area (Å²) >= 11 is 0. The molecular weight excluding hydrogens is 572 g/mol. The van der Waals surface area contributed by atoms with E-state index in [2.05, 4.69) is 41.5 Å². The molecule has 0 atom stereocenters. The number of benzene rings is 4. The lowest BCUT2D eigenvalue weighted by molar-refractivity contribution is -0.122. The summed E-state index contributed by atoms with van der Waals surface area (Å²) in [6.45, 7) is 2.90. The number of nitrogens with one attached hydrogen (secondary N) is 4. The van der Waals surface area contributed by atoms with Gasteiger partial charge in [-0.1, -0.05) is 24.3 Å². The quantitative estimate of drug-likeness (QED) is 0.140. The van der Waals surface area contributed by atoms with Crippen LogP contribution in [0.25, 0.3) is 0 Å². The monoisotopic (exact) mass is 602 g/mol. The molecule has 0 saturated heterocycles. The summed E-state index contributed by atoms with van der Waals surface area (Å²) in [5.41, 5.74) is 5.47. The smallest absolute Gasteiger partial charge is 0.290 e. The van der Waals surface area contributed by atoms with Crippen molar-refractivity contribution in [3.63, 3.8) is 0 Å². The zero-order valence-corrected chi connectivity index (χ0v) is 24.1. The van der Waals surface area contributed by atoms with Gasteiger partial charge in [0.1, 0.15) is 11.7 Å². The van der Waals surface area contributed by atoms with Crippen LogP contribution in [0.1, 0.15) is 31.8 Å². The summed E-state index contributed by atoms with van der Waals surface area (Å²) in [6.07, 6.45) is 0. The topological polar surface area (TPSA) is 169 Å². The largest absolute Gasteiger partial charge is 0.483 e. The van der Waals surface area contributed by atoms with Crippen molar-refractivity contribution in [2.45, 2.75) is 0 Å². The predicted molar refractivity (Wildman–Crippen MR) is 173 cm³/mol. The van der Waals surface area contributed by atoms with Crippen molar-refractivity contribution in [3.8, 4) is 0 Å². The van der Waals surface area contributed by atoms with Gasteiger partial charge in [-0.2, -0.15) is 10.2 Å². The van der Waals surface area contributed by atoms with E-state index < -0.39 is 0 Å². The van der Waals surface area contributed by atoms with E-state index >= 15 is 0 Å². The zero-order chi connectivity index (χ0) is 31.4. The molecule has 45 heavy (non-hydrogen) atoms. The summed E-state index contributed by atoms with van der Waals surface area (Å²) in [5, 5.41) is 27.7. The molecular formula is C33H30N8O4. The van der Waals surface area contributed by atoms with Gasteiger partial charge in [0.05, 0.1) is 24.5 Å². The number of nitrogens with zero attached hydrogens (tertiary/aromatic N) is 4. The Kier molecular flexibility index (Phi) is 9.98. The van der Waals surface area contributed by atoms with Crippen LogP contribution >= 0.6 is 0 Å². The van der Waals surface area contributed by atoms with E-state index in [1.54, 1.807) is 48.5 Å². The third-order valence-corrected chi connectivity index (χ3v) is 6.68. The maximum absolute atomic E-state index is 12.8. The molecule has 2 heterocycles. The normalized spacial score (nSPS) is 13.4. The number of carbonyl (C=O) groups is 3. The summed E-state index contributed by atoms with van der Waals surface area (Å²) in [4.78, 5) is 42.7. The molecule has 0 fully saturated rings. The molecule has 0 aliphatic carbocycles. The highest BCUT2D eigenvalue weighted by molar-refractivity contribution is 6.07. The molecule has 6 rings (SSSR count). The number of aliphatic imine (C=N–C) groups is 2. The van der Waals surface area contributed by atoms with Crippen LogP contribution < -0.4 is 21.3 Å². The fraction of sp³-hybridized carbons (Fsp3) is 0.121. The highest BCUT2D eigenvalue weighted by atomic mass is 16.3. The van der Waals surface area contributed by atoms with E-state index in [0.29, 0.717) is 33.9 Å². The molecule has 0 aromatic heterocycles. The average molecular weight is 603 g/mol. The molecule has 5 N–H and O–H groups in total. The molecule has 0 saturated carbocycles. The molecule has 0 bridgehead atoms. The van der Waals surface area contributed by atoms with Gasteiger partial charge < -0.3 is 26.4 Å². The molecule has 2 aliphatic heterocycles. The van der Waals surface area contributed by atoms with Gasteiger partial charge >= 0.3 is 0 Å². The number of azo groups is 1. The van der Waals surface area contributed by atoms with Crippen LogP contribution in [0.3, 0.4) is 0 Å². The van der Waals surface area contributed by atoms with Gasteiger partial charge in [0.25, 0.3) is 18.3 Å². The fourth-order valence-corrected chi connectivity index (χ4v) is 4.55. The van der Waals surface area contributed by atoms with Crippen molar-refractivity contribution in [2.24, 2.45) is 20.2 Å². The highest BCUT2D eigenvalue weighted by Crippen LogP contribution is 2.21. The molecule has 2 aliphatic rings. The van der Waals surface area contributed by atoms with Crippen LogP contribution in [0.15, 0.2) is 117 Å². The third kappa shape index (κ3) is 8.23. The minimum Gasteiger partial charge on any atom is -0.483 e. The standard InChI is InChI=1S/C32H28N8O2.CH2O2/c41-31(37-27-5-1-3-23(19-27)29-33-15-16-34-29)21-7-11-25(12-8-21)39-40-26-13-9-22(10-14-26)32(42)38-28-6-2-4-24(20-28)30-35-17-18-36-30;2-1-3/h1-14,19-20H,15-18H2,(H,33,34)(H,35,36)(H,37,41)(H,38,42);1H,(H,2,3). The lowest BCUT2D eigenvalue weighted by Gasteiger charge is -2.08. The van der Waals surface area contributed by atoms with Gasteiger partial charge in [-0.25, -0.2) is 0 Å². The Bertz CT molecular complexity index is 1640. The first-order chi connectivity index (χ1) is 22.0. The number of hydrogen-bond acceptors (Lipinski definition) is 9. The molecule has 12 nitrogen and oxygen atoms in total. The van der Waals surface area contributed by atoms with Gasteiger partial charge in [-0.3, -0.25) is 24.4 Å². The number of hydrogen-bond donors (Lipinski definition) is 5. The van der Waals surface area contributed by atoms with E-state index in [4.69, 9.17) is 9.90 Å². The Balaban J connectivity index is 0.00000128. The van der Waals surface area contributed by atoms with Crippen molar-refractivity contribution in [3.05, 3.63) is 119 Å². The fourth-order valence-electron chi connectivity index (χ4n) is 4.55. The van der Waals surface area contributed by atoms with Gasteiger partial charge in [-0.05, 0) is 72.8 Å². The molecule has 226 valence electrons. The van der Waals surface area contributed by atoms with E-state index in [0.717, 1.165) is 49.0 Å². The van der Waals surface area contributed by atoms with E-state index in [1.165, 1.54) is 0 Å². The van der Waals surface area contributed by atoms with Crippen molar-refractivity contribution < 1.29 is 19.5 Å². The summed E-state index contributed by atoms with van der Waals surface area (Å²) in [7, 11) is 0. The number of amides is 2. The number of carboxylic acid groups (broad SMARTS) is 1. The predicted octanol–water partition coefficient (Wildman–Crippen LogP) is 5.01. The lowest BCUT2D eigenvalue weighted by Crippen LogP contribution is -2.19. The van der Waals surface area contributed by atoms with E-state index in [1.807, 2.05) is 48.5 Å². The lowest BCUT2D eigenvalue weighted by atomic mass is 10.1. The Morgan fingerprint density at radius 2 is 1.07 bits per heavy atom. The first-order valence-corrected chi connectivity index (χ1v) is 14.1.